The summed E-state index contributed by atoms with van der Waals surface area (Å²) in [5.74, 6) is 1.82. The first kappa shape index (κ1) is 15.8. The summed E-state index contributed by atoms with van der Waals surface area (Å²) in [6, 6.07) is 15.1. The second-order valence-corrected chi connectivity index (χ2v) is 5.37. The minimum Gasteiger partial charge on any atom is -0.496 e. The summed E-state index contributed by atoms with van der Waals surface area (Å²) in [6.45, 7) is 2.17. The third kappa shape index (κ3) is 3.63. The van der Waals surface area contributed by atoms with Crippen LogP contribution in [0.3, 0.4) is 0 Å². The quantitative estimate of drug-likeness (QED) is 0.861. The molecule has 1 heterocycles. The number of amidine groups is 1. The summed E-state index contributed by atoms with van der Waals surface area (Å²) < 4.78 is 10.8. The Kier molecular flexibility index (Phi) is 4.61. The van der Waals surface area contributed by atoms with Crippen LogP contribution >= 0.6 is 0 Å². The van der Waals surface area contributed by atoms with Gasteiger partial charge in [0, 0.05) is 0 Å². The van der Waals surface area contributed by atoms with Gasteiger partial charge in [-0.15, -0.1) is 0 Å². The fourth-order valence-electron chi connectivity index (χ4n) is 2.40. The minimum absolute atomic E-state index is 0.217. The number of hydrogen-bond acceptors (Lipinski definition) is 4. The van der Waals surface area contributed by atoms with Crippen LogP contribution in [0.2, 0.25) is 0 Å². The highest BCUT2D eigenvalue weighted by atomic mass is 16.5. The SMILES string of the molecule is COc1ccc(/C=C2/N=C(COc3ccccc3)NC2=O)cc1C. The number of amides is 1. The third-order valence-electron chi connectivity index (χ3n) is 3.59. The van der Waals surface area contributed by atoms with Gasteiger partial charge in [0.05, 0.1) is 7.11 Å². The number of rotatable bonds is 5. The summed E-state index contributed by atoms with van der Waals surface area (Å²) >= 11 is 0. The van der Waals surface area contributed by atoms with Crippen LogP contribution in [0.4, 0.5) is 0 Å². The summed E-state index contributed by atoms with van der Waals surface area (Å²) in [4.78, 5) is 16.3. The van der Waals surface area contributed by atoms with Gasteiger partial charge in [-0.3, -0.25) is 4.79 Å². The van der Waals surface area contributed by atoms with Crippen molar-refractivity contribution >= 4 is 17.8 Å². The van der Waals surface area contributed by atoms with Crippen LogP contribution in [0, 0.1) is 6.92 Å². The fourth-order valence-corrected chi connectivity index (χ4v) is 2.40. The molecule has 1 N–H and O–H groups in total. The number of aliphatic imine (C=N–C) groups is 1. The molecule has 0 fully saturated rings. The number of hydrogen-bond donors (Lipinski definition) is 1. The number of nitrogens with one attached hydrogen (secondary N) is 1. The van der Waals surface area contributed by atoms with Crippen LogP contribution in [0.25, 0.3) is 6.08 Å². The van der Waals surface area contributed by atoms with E-state index in [0.717, 1.165) is 22.6 Å². The van der Waals surface area contributed by atoms with Crippen LogP contribution in [-0.4, -0.2) is 25.5 Å². The van der Waals surface area contributed by atoms with Crippen LogP contribution in [0.1, 0.15) is 11.1 Å². The zero-order valence-corrected chi connectivity index (χ0v) is 13.6. The van der Waals surface area contributed by atoms with E-state index in [1.165, 1.54) is 0 Å². The van der Waals surface area contributed by atoms with Crippen molar-refractivity contribution in [3.63, 3.8) is 0 Å². The monoisotopic (exact) mass is 322 g/mol. The third-order valence-corrected chi connectivity index (χ3v) is 3.59. The molecule has 5 nitrogen and oxygen atoms in total. The Morgan fingerprint density at radius 2 is 1.96 bits per heavy atom. The lowest BCUT2D eigenvalue weighted by Gasteiger charge is -2.04. The average molecular weight is 322 g/mol. The number of methoxy groups -OCH3 is 1. The molecule has 0 saturated heterocycles. The average Bonchev–Trinajstić information content (AvgIpc) is 2.94. The van der Waals surface area contributed by atoms with Crippen molar-refractivity contribution in [3.8, 4) is 11.5 Å². The molecule has 0 saturated carbocycles. The highest BCUT2D eigenvalue weighted by Gasteiger charge is 2.20. The molecule has 1 aliphatic heterocycles. The first-order valence-electron chi connectivity index (χ1n) is 7.59. The van der Waals surface area contributed by atoms with E-state index >= 15 is 0 Å². The maximum Gasteiger partial charge on any atom is 0.275 e. The number of carbonyl (C=O) groups is 1. The molecule has 2 aromatic carbocycles. The lowest BCUT2D eigenvalue weighted by atomic mass is 10.1. The molecule has 0 radical (unpaired) electrons. The highest BCUT2D eigenvalue weighted by Crippen LogP contribution is 2.21. The molecule has 3 rings (SSSR count). The van der Waals surface area contributed by atoms with Gasteiger partial charge >= 0.3 is 0 Å². The molecule has 122 valence electrons. The standard InChI is InChI=1S/C19H18N2O3/c1-13-10-14(8-9-17(13)23-2)11-16-19(22)21-18(20-16)12-24-15-6-4-3-5-7-15/h3-11H,12H2,1-2H3,(H,20,21,22)/b16-11+. The van der Waals surface area contributed by atoms with E-state index in [-0.39, 0.29) is 12.5 Å². The Balaban J connectivity index is 1.72. The molecule has 0 aliphatic carbocycles. The lowest BCUT2D eigenvalue weighted by Crippen LogP contribution is -2.28. The summed E-state index contributed by atoms with van der Waals surface area (Å²) in [5.41, 5.74) is 2.26. The fraction of sp³-hybridized carbons (Fsp3) is 0.158. The summed E-state index contributed by atoms with van der Waals surface area (Å²) in [6.07, 6.45) is 1.75. The normalized spacial score (nSPS) is 15.2. The molecular formula is C19H18N2O3. The van der Waals surface area contributed by atoms with Crippen LogP contribution in [-0.2, 0) is 4.79 Å². The Labute approximate surface area is 140 Å². The van der Waals surface area contributed by atoms with E-state index in [9.17, 15) is 4.79 Å². The van der Waals surface area contributed by atoms with Gasteiger partial charge in [0.15, 0.2) is 0 Å². The molecule has 0 atom stereocenters. The Morgan fingerprint density at radius 3 is 2.67 bits per heavy atom. The van der Waals surface area contributed by atoms with Crippen molar-refractivity contribution in [2.24, 2.45) is 4.99 Å². The first-order chi connectivity index (χ1) is 11.7. The van der Waals surface area contributed by atoms with E-state index in [2.05, 4.69) is 10.3 Å². The van der Waals surface area contributed by atoms with Gasteiger partial charge in [0.25, 0.3) is 5.91 Å². The lowest BCUT2D eigenvalue weighted by molar-refractivity contribution is -0.115. The summed E-state index contributed by atoms with van der Waals surface area (Å²) in [5, 5.41) is 2.72. The zero-order chi connectivity index (χ0) is 16.9. The van der Waals surface area contributed by atoms with Crippen molar-refractivity contribution in [2.75, 3.05) is 13.7 Å². The topological polar surface area (TPSA) is 59.9 Å². The Bertz CT molecular complexity index is 811. The Morgan fingerprint density at radius 1 is 1.17 bits per heavy atom. The van der Waals surface area contributed by atoms with Gasteiger partial charge in [0.1, 0.15) is 29.6 Å². The van der Waals surface area contributed by atoms with E-state index in [4.69, 9.17) is 9.47 Å². The Hall–Kier alpha value is -3.08. The van der Waals surface area contributed by atoms with E-state index < -0.39 is 0 Å². The second kappa shape index (κ2) is 7.00. The number of nitrogens with zero attached hydrogens (tertiary/aromatic N) is 1. The summed E-state index contributed by atoms with van der Waals surface area (Å²) in [7, 11) is 1.63. The number of aryl methyl sites for hydroxylation is 1. The van der Waals surface area contributed by atoms with Crippen molar-refractivity contribution in [1.29, 1.82) is 0 Å². The van der Waals surface area contributed by atoms with Gasteiger partial charge in [-0.1, -0.05) is 24.3 Å². The number of carbonyl (C=O) groups excluding carboxylic acids is 1. The van der Waals surface area contributed by atoms with Gasteiger partial charge < -0.3 is 14.8 Å². The van der Waals surface area contributed by atoms with Crippen LogP contribution in [0.15, 0.2) is 59.2 Å². The molecule has 0 aromatic heterocycles. The second-order valence-electron chi connectivity index (χ2n) is 5.37. The van der Waals surface area contributed by atoms with E-state index in [1.54, 1.807) is 13.2 Å². The first-order valence-corrected chi connectivity index (χ1v) is 7.59. The molecule has 1 amide bonds. The van der Waals surface area contributed by atoms with Gasteiger partial charge in [-0.25, -0.2) is 4.99 Å². The van der Waals surface area contributed by atoms with Crippen molar-refractivity contribution in [3.05, 3.63) is 65.4 Å². The molecule has 0 spiro atoms. The van der Waals surface area contributed by atoms with Crippen molar-refractivity contribution < 1.29 is 14.3 Å². The van der Waals surface area contributed by atoms with Crippen LogP contribution < -0.4 is 14.8 Å². The minimum atomic E-state index is -0.227. The van der Waals surface area contributed by atoms with E-state index in [0.29, 0.717) is 11.5 Å². The molecule has 24 heavy (non-hydrogen) atoms. The molecule has 5 heteroatoms. The predicted molar refractivity (Wildman–Crippen MR) is 93.2 cm³/mol. The zero-order valence-electron chi connectivity index (χ0n) is 13.6. The number of benzene rings is 2. The largest absolute Gasteiger partial charge is 0.496 e. The highest BCUT2D eigenvalue weighted by molar-refractivity contribution is 6.14. The maximum atomic E-state index is 12.0. The molecule has 1 aliphatic rings. The molecule has 0 bridgehead atoms. The van der Waals surface area contributed by atoms with Gasteiger partial charge in [0.2, 0.25) is 0 Å². The van der Waals surface area contributed by atoms with Crippen molar-refractivity contribution in [1.82, 2.24) is 5.32 Å². The van der Waals surface area contributed by atoms with Gasteiger partial charge in [-0.05, 0) is 48.4 Å². The molecule has 2 aromatic rings. The van der Waals surface area contributed by atoms with E-state index in [1.807, 2.05) is 55.5 Å². The smallest absolute Gasteiger partial charge is 0.275 e. The predicted octanol–water partition coefficient (Wildman–Crippen LogP) is 2.95. The molecular weight excluding hydrogens is 304 g/mol. The molecule has 0 unspecified atom stereocenters. The van der Waals surface area contributed by atoms with Gasteiger partial charge in [-0.2, -0.15) is 0 Å². The van der Waals surface area contributed by atoms with Crippen LogP contribution in [0.5, 0.6) is 11.5 Å². The maximum absolute atomic E-state index is 12.0. The van der Waals surface area contributed by atoms with Crippen molar-refractivity contribution in [2.45, 2.75) is 6.92 Å². The number of para-hydroxylation sites is 1. The number of ether oxygens (including phenoxy) is 2.